The zero-order valence-electron chi connectivity index (χ0n) is 16.7. The van der Waals surface area contributed by atoms with Gasteiger partial charge < -0.3 is 9.47 Å². The van der Waals surface area contributed by atoms with Crippen molar-refractivity contribution < 1.29 is 14.3 Å². The Balaban J connectivity index is 1.38. The van der Waals surface area contributed by atoms with Gasteiger partial charge in [-0.25, -0.2) is 0 Å². The Morgan fingerprint density at radius 3 is 2.45 bits per heavy atom. The molecule has 0 N–H and O–H groups in total. The van der Waals surface area contributed by atoms with E-state index >= 15 is 0 Å². The Hall–Kier alpha value is -1.86. The van der Waals surface area contributed by atoms with Crippen molar-refractivity contribution in [1.82, 2.24) is 4.90 Å². The number of anilines is 2. The molecule has 2 atom stereocenters. The number of ether oxygens (including phenoxy) is 2. The smallest absolute Gasteiger partial charge is 0.245 e. The van der Waals surface area contributed by atoms with E-state index in [0.717, 1.165) is 60.1 Å². The second-order valence-corrected chi connectivity index (χ2v) is 9.08. The van der Waals surface area contributed by atoms with Crippen molar-refractivity contribution in [2.45, 2.75) is 40.8 Å². The fourth-order valence-electron chi connectivity index (χ4n) is 4.84. The topological polar surface area (TPSA) is 42.0 Å². The second-order valence-electron chi connectivity index (χ2n) is 7.99. The standard InChI is InChI=1S/C23H26N2O3S/c1-27-21-15-24(13-12-23(21)11-6-14-28-23)16-22(26)25-17-7-2-4-9-19(17)29-20-10-5-3-8-18(20)25/h2-5,7-10,21H,6,11-16H2,1H3/t21-,23+/m1/s1. The minimum atomic E-state index is -0.157. The van der Waals surface area contributed by atoms with Crippen LogP contribution in [0.15, 0.2) is 58.3 Å². The molecule has 0 aliphatic carbocycles. The normalized spacial score (nSPS) is 26.4. The first-order valence-electron chi connectivity index (χ1n) is 10.3. The zero-order valence-corrected chi connectivity index (χ0v) is 17.5. The first kappa shape index (κ1) is 19.1. The van der Waals surface area contributed by atoms with E-state index in [2.05, 4.69) is 17.0 Å². The summed E-state index contributed by atoms with van der Waals surface area (Å²) in [5, 5.41) is 0. The largest absolute Gasteiger partial charge is 0.377 e. The van der Waals surface area contributed by atoms with E-state index in [1.165, 1.54) is 0 Å². The number of carbonyl (C=O) groups excluding carboxylic acids is 1. The highest BCUT2D eigenvalue weighted by atomic mass is 32.2. The highest BCUT2D eigenvalue weighted by Crippen LogP contribution is 2.48. The maximum Gasteiger partial charge on any atom is 0.245 e. The van der Waals surface area contributed by atoms with Crippen LogP contribution in [0.5, 0.6) is 0 Å². The molecule has 6 heteroatoms. The third-order valence-corrected chi connectivity index (χ3v) is 7.45. The maximum atomic E-state index is 13.5. The van der Waals surface area contributed by atoms with Gasteiger partial charge in [0.15, 0.2) is 0 Å². The van der Waals surface area contributed by atoms with Crippen LogP contribution in [0, 0.1) is 0 Å². The van der Waals surface area contributed by atoms with Gasteiger partial charge in [0.2, 0.25) is 5.91 Å². The number of amides is 1. The number of piperidine rings is 1. The number of rotatable bonds is 3. The Labute approximate surface area is 176 Å². The van der Waals surface area contributed by atoms with Gasteiger partial charge in [-0.2, -0.15) is 0 Å². The van der Waals surface area contributed by atoms with Crippen LogP contribution in [-0.2, 0) is 14.3 Å². The molecule has 2 aromatic carbocycles. The molecule has 2 fully saturated rings. The number of benzene rings is 2. The van der Waals surface area contributed by atoms with Crippen LogP contribution in [0.1, 0.15) is 19.3 Å². The monoisotopic (exact) mass is 410 g/mol. The minimum absolute atomic E-state index is 0.0167. The number of nitrogens with zero attached hydrogens (tertiary/aromatic N) is 2. The third-order valence-electron chi connectivity index (χ3n) is 6.32. The number of carbonyl (C=O) groups is 1. The zero-order chi connectivity index (χ0) is 19.8. The van der Waals surface area contributed by atoms with Gasteiger partial charge in [0, 0.05) is 36.6 Å². The van der Waals surface area contributed by atoms with Gasteiger partial charge in [-0.1, -0.05) is 36.0 Å². The van der Waals surface area contributed by atoms with Gasteiger partial charge in [-0.05, 0) is 43.5 Å². The van der Waals surface area contributed by atoms with Crippen LogP contribution in [0.3, 0.4) is 0 Å². The van der Waals surface area contributed by atoms with Gasteiger partial charge in [-0.3, -0.25) is 14.6 Å². The van der Waals surface area contributed by atoms with Crippen LogP contribution in [-0.4, -0.2) is 55.9 Å². The predicted octanol–water partition coefficient (Wildman–Crippen LogP) is 4.09. The molecule has 29 heavy (non-hydrogen) atoms. The molecule has 0 saturated carbocycles. The maximum absolute atomic E-state index is 13.5. The van der Waals surface area contributed by atoms with Crippen molar-refractivity contribution in [3.8, 4) is 0 Å². The lowest BCUT2D eigenvalue weighted by atomic mass is 9.86. The second kappa shape index (κ2) is 7.76. The Morgan fingerprint density at radius 1 is 1.14 bits per heavy atom. The van der Waals surface area contributed by atoms with Gasteiger partial charge in [-0.15, -0.1) is 0 Å². The van der Waals surface area contributed by atoms with Crippen LogP contribution < -0.4 is 4.90 Å². The number of methoxy groups -OCH3 is 1. The molecule has 2 saturated heterocycles. The van der Waals surface area contributed by atoms with Crippen molar-refractivity contribution in [3.63, 3.8) is 0 Å². The summed E-state index contributed by atoms with van der Waals surface area (Å²) in [6, 6.07) is 16.3. The van der Waals surface area contributed by atoms with Crippen molar-refractivity contribution in [1.29, 1.82) is 0 Å². The fourth-order valence-corrected chi connectivity index (χ4v) is 5.90. The molecule has 2 aromatic rings. The van der Waals surface area contributed by atoms with Gasteiger partial charge in [0.05, 0.1) is 29.6 Å². The predicted molar refractivity (Wildman–Crippen MR) is 114 cm³/mol. The number of hydrogen-bond donors (Lipinski definition) is 0. The van der Waals surface area contributed by atoms with Gasteiger partial charge in [0.1, 0.15) is 0 Å². The molecule has 0 aromatic heterocycles. The van der Waals surface area contributed by atoms with Crippen molar-refractivity contribution in [2.24, 2.45) is 0 Å². The Kier molecular flexibility index (Phi) is 5.12. The average molecular weight is 411 g/mol. The molecule has 5 nitrogen and oxygen atoms in total. The molecule has 3 aliphatic heterocycles. The van der Waals surface area contributed by atoms with E-state index in [9.17, 15) is 4.79 Å². The summed E-state index contributed by atoms with van der Waals surface area (Å²) in [5.74, 6) is 0.100. The van der Waals surface area contributed by atoms with Crippen LogP contribution in [0.2, 0.25) is 0 Å². The van der Waals surface area contributed by atoms with Crippen molar-refractivity contribution >= 4 is 29.0 Å². The van der Waals surface area contributed by atoms with E-state index in [4.69, 9.17) is 9.47 Å². The van der Waals surface area contributed by atoms with Gasteiger partial charge >= 0.3 is 0 Å². The highest BCUT2D eigenvalue weighted by Gasteiger charge is 2.47. The minimum Gasteiger partial charge on any atom is -0.377 e. The van der Waals surface area contributed by atoms with E-state index < -0.39 is 0 Å². The highest BCUT2D eigenvalue weighted by molar-refractivity contribution is 7.99. The lowest BCUT2D eigenvalue weighted by Gasteiger charge is -2.44. The summed E-state index contributed by atoms with van der Waals surface area (Å²) in [6.07, 6.45) is 3.08. The summed E-state index contributed by atoms with van der Waals surface area (Å²) in [7, 11) is 1.76. The van der Waals surface area contributed by atoms with E-state index in [-0.39, 0.29) is 17.6 Å². The van der Waals surface area contributed by atoms with Crippen molar-refractivity contribution in [3.05, 3.63) is 48.5 Å². The molecule has 1 spiro atoms. The van der Waals surface area contributed by atoms with E-state index in [1.54, 1.807) is 18.9 Å². The first-order chi connectivity index (χ1) is 14.2. The summed E-state index contributed by atoms with van der Waals surface area (Å²) < 4.78 is 11.9. The molecule has 0 radical (unpaired) electrons. The van der Waals surface area contributed by atoms with Crippen LogP contribution in [0.4, 0.5) is 11.4 Å². The molecular formula is C23H26N2O3S. The molecule has 5 rings (SSSR count). The third kappa shape index (κ3) is 3.38. The van der Waals surface area contributed by atoms with Crippen LogP contribution >= 0.6 is 11.8 Å². The summed E-state index contributed by atoms with van der Waals surface area (Å²) in [4.78, 5) is 19.8. The van der Waals surface area contributed by atoms with Crippen molar-refractivity contribution in [2.75, 3.05) is 38.3 Å². The Bertz CT molecular complexity index is 867. The molecule has 0 bridgehead atoms. The van der Waals surface area contributed by atoms with Gasteiger partial charge in [0.25, 0.3) is 0 Å². The molecule has 1 amide bonds. The fraction of sp³-hybridized carbons (Fsp3) is 0.435. The summed E-state index contributed by atoms with van der Waals surface area (Å²) in [5.41, 5.74) is 1.78. The van der Waals surface area contributed by atoms with E-state index in [0.29, 0.717) is 6.54 Å². The Morgan fingerprint density at radius 2 is 1.83 bits per heavy atom. The lowest BCUT2D eigenvalue weighted by molar-refractivity contribution is -0.145. The molecule has 0 unspecified atom stereocenters. The number of para-hydroxylation sites is 2. The summed E-state index contributed by atoms with van der Waals surface area (Å²) >= 11 is 1.72. The number of hydrogen-bond acceptors (Lipinski definition) is 5. The van der Waals surface area contributed by atoms with E-state index in [1.807, 2.05) is 41.3 Å². The average Bonchev–Trinajstić information content (AvgIpc) is 3.22. The molecule has 3 heterocycles. The molecular weight excluding hydrogens is 384 g/mol. The van der Waals surface area contributed by atoms with Crippen LogP contribution in [0.25, 0.3) is 0 Å². The SMILES string of the molecule is CO[C@@H]1CN(CC(=O)N2c3ccccc3Sc3ccccc32)CC[C@@]12CCCO2. The first-order valence-corrected chi connectivity index (χ1v) is 11.1. The summed E-state index contributed by atoms with van der Waals surface area (Å²) in [6.45, 7) is 2.78. The number of fused-ring (bicyclic) bond motifs is 2. The molecule has 3 aliphatic rings. The molecule has 152 valence electrons. The lowest BCUT2D eigenvalue weighted by Crippen LogP contribution is -2.57. The quantitative estimate of drug-likeness (QED) is 0.763. The number of likely N-dealkylation sites (tertiary alicyclic amines) is 1.